The van der Waals surface area contributed by atoms with Crippen LogP contribution in [0.1, 0.15) is 26.2 Å². The molecule has 2 nitrogen and oxygen atoms in total. The van der Waals surface area contributed by atoms with Gasteiger partial charge in [0.25, 0.3) is 0 Å². The summed E-state index contributed by atoms with van der Waals surface area (Å²) in [4.78, 5) is 4.31. The zero-order valence-corrected chi connectivity index (χ0v) is 7.14. The Kier molecular flexibility index (Phi) is 3.73. The molecular weight excluding hydrogens is 136 g/mol. The van der Waals surface area contributed by atoms with Crippen LogP contribution >= 0.6 is 0 Å². The minimum absolute atomic E-state index is 0.971. The molecular formula is C9H16N2. The number of rotatable bonds is 4. The summed E-state index contributed by atoms with van der Waals surface area (Å²) in [5.74, 6) is 1.20. The van der Waals surface area contributed by atoms with Crippen LogP contribution in [0.25, 0.3) is 0 Å². The van der Waals surface area contributed by atoms with Crippen LogP contribution in [0.5, 0.6) is 0 Å². The average molecular weight is 152 g/mol. The van der Waals surface area contributed by atoms with Crippen molar-refractivity contribution >= 4 is 5.84 Å². The minimum Gasteiger partial charge on any atom is -0.372 e. The molecule has 0 aromatic heterocycles. The Morgan fingerprint density at radius 2 is 2.55 bits per heavy atom. The molecule has 0 fully saturated rings. The molecule has 1 N–H and O–H groups in total. The van der Waals surface area contributed by atoms with Gasteiger partial charge in [0, 0.05) is 13.0 Å². The number of amidine groups is 1. The van der Waals surface area contributed by atoms with E-state index in [1.54, 1.807) is 0 Å². The van der Waals surface area contributed by atoms with Gasteiger partial charge in [-0.05, 0) is 19.8 Å². The standard InChI is InChI=1S/C9H16N2/c1-2-3-4-5-6-9-10-7-8-11-9/h2-3H,4-8H2,1H3,(H,10,11)/b3-2+. The van der Waals surface area contributed by atoms with Crippen molar-refractivity contribution in [3.8, 4) is 0 Å². The third-order valence-electron chi connectivity index (χ3n) is 1.76. The molecule has 0 atom stereocenters. The van der Waals surface area contributed by atoms with Gasteiger partial charge in [0.05, 0.1) is 12.4 Å². The Morgan fingerprint density at radius 3 is 3.18 bits per heavy atom. The SMILES string of the molecule is C/C=C/CCCC1=NCCN1. The Balaban J connectivity index is 2.02. The highest BCUT2D eigenvalue weighted by molar-refractivity contribution is 5.83. The summed E-state index contributed by atoms with van der Waals surface area (Å²) in [7, 11) is 0. The second-order valence-corrected chi connectivity index (χ2v) is 2.72. The van der Waals surface area contributed by atoms with Crippen molar-refractivity contribution < 1.29 is 0 Å². The van der Waals surface area contributed by atoms with Gasteiger partial charge < -0.3 is 5.32 Å². The molecule has 1 aliphatic heterocycles. The maximum Gasteiger partial charge on any atom is 0.0964 e. The minimum atomic E-state index is 0.971. The maximum atomic E-state index is 4.31. The van der Waals surface area contributed by atoms with E-state index in [1.165, 1.54) is 18.7 Å². The molecule has 0 unspecified atom stereocenters. The number of nitrogens with zero attached hydrogens (tertiary/aromatic N) is 1. The van der Waals surface area contributed by atoms with Gasteiger partial charge >= 0.3 is 0 Å². The zero-order chi connectivity index (χ0) is 7.94. The van der Waals surface area contributed by atoms with E-state index in [9.17, 15) is 0 Å². The molecule has 1 rings (SSSR count). The van der Waals surface area contributed by atoms with Gasteiger partial charge in [0.2, 0.25) is 0 Å². The first kappa shape index (κ1) is 8.31. The predicted molar refractivity (Wildman–Crippen MR) is 49.0 cm³/mol. The molecule has 0 spiro atoms. The monoisotopic (exact) mass is 152 g/mol. The fourth-order valence-corrected chi connectivity index (χ4v) is 1.17. The van der Waals surface area contributed by atoms with E-state index in [4.69, 9.17) is 0 Å². The highest BCUT2D eigenvalue weighted by atomic mass is 15.1. The van der Waals surface area contributed by atoms with Gasteiger partial charge in [-0.3, -0.25) is 4.99 Å². The number of nitrogens with one attached hydrogen (secondary N) is 1. The largest absolute Gasteiger partial charge is 0.372 e. The van der Waals surface area contributed by atoms with Gasteiger partial charge in [-0.15, -0.1) is 0 Å². The van der Waals surface area contributed by atoms with E-state index in [0.29, 0.717) is 0 Å². The lowest BCUT2D eigenvalue weighted by Crippen LogP contribution is -2.17. The predicted octanol–water partition coefficient (Wildman–Crippen LogP) is 1.73. The lowest BCUT2D eigenvalue weighted by Gasteiger charge is -1.98. The second-order valence-electron chi connectivity index (χ2n) is 2.72. The van der Waals surface area contributed by atoms with Crippen LogP contribution in [0.2, 0.25) is 0 Å². The van der Waals surface area contributed by atoms with Crippen molar-refractivity contribution in [2.24, 2.45) is 4.99 Å². The van der Waals surface area contributed by atoms with Crippen molar-refractivity contribution in [3.05, 3.63) is 12.2 Å². The molecule has 62 valence electrons. The number of allylic oxidation sites excluding steroid dienone is 2. The molecule has 0 aromatic rings. The van der Waals surface area contributed by atoms with Crippen LogP contribution in [0, 0.1) is 0 Å². The Bertz CT molecular complexity index is 159. The zero-order valence-electron chi connectivity index (χ0n) is 7.14. The molecule has 0 aliphatic carbocycles. The maximum absolute atomic E-state index is 4.31. The number of hydrogen-bond acceptors (Lipinski definition) is 2. The second kappa shape index (κ2) is 4.94. The van der Waals surface area contributed by atoms with Gasteiger partial charge in [-0.25, -0.2) is 0 Å². The van der Waals surface area contributed by atoms with Crippen molar-refractivity contribution in [1.29, 1.82) is 0 Å². The number of aliphatic imine (C=N–C) groups is 1. The molecule has 0 radical (unpaired) electrons. The van der Waals surface area contributed by atoms with E-state index in [-0.39, 0.29) is 0 Å². The lowest BCUT2D eigenvalue weighted by atomic mass is 10.2. The van der Waals surface area contributed by atoms with Crippen LogP contribution in [0.4, 0.5) is 0 Å². The van der Waals surface area contributed by atoms with E-state index < -0.39 is 0 Å². The van der Waals surface area contributed by atoms with Gasteiger partial charge in [0.1, 0.15) is 0 Å². The van der Waals surface area contributed by atoms with E-state index in [1.807, 2.05) is 0 Å². The van der Waals surface area contributed by atoms with Gasteiger partial charge in [0.15, 0.2) is 0 Å². The van der Waals surface area contributed by atoms with Crippen molar-refractivity contribution in [2.45, 2.75) is 26.2 Å². The lowest BCUT2D eigenvalue weighted by molar-refractivity contribution is 0.866. The highest BCUT2D eigenvalue weighted by Crippen LogP contribution is 1.99. The summed E-state index contributed by atoms with van der Waals surface area (Å²) in [6.45, 7) is 4.07. The van der Waals surface area contributed by atoms with Gasteiger partial charge in [-0.1, -0.05) is 12.2 Å². The third-order valence-corrected chi connectivity index (χ3v) is 1.76. The van der Waals surface area contributed by atoms with Crippen LogP contribution in [0.3, 0.4) is 0 Å². The van der Waals surface area contributed by atoms with E-state index in [2.05, 4.69) is 29.4 Å². The number of hydrogen-bond donors (Lipinski definition) is 1. The molecule has 0 saturated heterocycles. The first-order chi connectivity index (χ1) is 5.43. The summed E-state index contributed by atoms with van der Waals surface area (Å²) in [6, 6.07) is 0. The third kappa shape index (κ3) is 3.21. The van der Waals surface area contributed by atoms with E-state index in [0.717, 1.165) is 19.5 Å². The number of unbranched alkanes of at least 4 members (excludes halogenated alkanes) is 1. The summed E-state index contributed by atoms with van der Waals surface area (Å²) < 4.78 is 0. The van der Waals surface area contributed by atoms with Gasteiger partial charge in [-0.2, -0.15) is 0 Å². The molecule has 0 bridgehead atoms. The van der Waals surface area contributed by atoms with Crippen molar-refractivity contribution in [2.75, 3.05) is 13.1 Å². The summed E-state index contributed by atoms with van der Waals surface area (Å²) in [5, 5.41) is 3.26. The fraction of sp³-hybridized carbons (Fsp3) is 0.667. The van der Waals surface area contributed by atoms with Crippen LogP contribution < -0.4 is 5.32 Å². The fourth-order valence-electron chi connectivity index (χ4n) is 1.17. The molecule has 1 heterocycles. The normalized spacial score (nSPS) is 17.0. The molecule has 11 heavy (non-hydrogen) atoms. The molecule has 0 amide bonds. The van der Waals surface area contributed by atoms with Crippen molar-refractivity contribution in [1.82, 2.24) is 5.32 Å². The smallest absolute Gasteiger partial charge is 0.0964 e. The quantitative estimate of drug-likeness (QED) is 0.481. The van der Waals surface area contributed by atoms with Crippen LogP contribution in [0.15, 0.2) is 17.1 Å². The topological polar surface area (TPSA) is 24.4 Å². The first-order valence-electron chi connectivity index (χ1n) is 4.32. The Labute approximate surface area is 68.4 Å². The summed E-state index contributed by atoms with van der Waals surface area (Å²) in [5.41, 5.74) is 0. The van der Waals surface area contributed by atoms with Crippen LogP contribution in [-0.2, 0) is 0 Å². The average Bonchev–Trinajstić information content (AvgIpc) is 2.50. The summed E-state index contributed by atoms with van der Waals surface area (Å²) in [6.07, 6.45) is 7.82. The highest BCUT2D eigenvalue weighted by Gasteiger charge is 2.02. The first-order valence-corrected chi connectivity index (χ1v) is 4.32. The Morgan fingerprint density at radius 1 is 1.64 bits per heavy atom. The van der Waals surface area contributed by atoms with Crippen LogP contribution in [-0.4, -0.2) is 18.9 Å². The van der Waals surface area contributed by atoms with Crippen molar-refractivity contribution in [3.63, 3.8) is 0 Å². The summed E-state index contributed by atoms with van der Waals surface area (Å²) >= 11 is 0. The Hall–Kier alpha value is -0.790. The molecule has 0 saturated carbocycles. The molecule has 1 aliphatic rings. The molecule has 2 heteroatoms. The molecule has 0 aromatic carbocycles. The van der Waals surface area contributed by atoms with E-state index >= 15 is 0 Å².